The van der Waals surface area contributed by atoms with Gasteiger partial charge in [-0.25, -0.2) is 0 Å². The third-order valence-corrected chi connectivity index (χ3v) is 5.80. The SMILES string of the molecule is CNC(CCC1CCCCC1)c1csc2ccccc12. The first-order chi connectivity index (χ1) is 9.88. The minimum atomic E-state index is 0.521. The van der Waals surface area contributed by atoms with Crippen LogP contribution in [-0.2, 0) is 0 Å². The molecule has 0 amide bonds. The maximum Gasteiger partial charge on any atom is 0.0346 e. The van der Waals surface area contributed by atoms with Crippen molar-refractivity contribution in [3.8, 4) is 0 Å². The summed E-state index contributed by atoms with van der Waals surface area (Å²) in [5, 5.41) is 7.34. The Hall–Kier alpha value is -0.860. The zero-order chi connectivity index (χ0) is 13.8. The molecule has 108 valence electrons. The van der Waals surface area contributed by atoms with Crippen molar-refractivity contribution >= 4 is 21.4 Å². The highest BCUT2D eigenvalue weighted by molar-refractivity contribution is 7.17. The first-order valence-corrected chi connectivity index (χ1v) is 8.90. The smallest absolute Gasteiger partial charge is 0.0346 e. The minimum absolute atomic E-state index is 0.521. The molecule has 1 atom stereocenters. The van der Waals surface area contributed by atoms with E-state index in [0.717, 1.165) is 5.92 Å². The number of hydrogen-bond acceptors (Lipinski definition) is 2. The Balaban J connectivity index is 1.69. The van der Waals surface area contributed by atoms with Gasteiger partial charge in [-0.05, 0) is 48.2 Å². The van der Waals surface area contributed by atoms with E-state index in [9.17, 15) is 0 Å². The number of fused-ring (bicyclic) bond motifs is 1. The highest BCUT2D eigenvalue weighted by Gasteiger charge is 2.18. The van der Waals surface area contributed by atoms with E-state index in [1.165, 1.54) is 60.6 Å². The van der Waals surface area contributed by atoms with Crippen molar-refractivity contribution in [3.05, 3.63) is 35.2 Å². The maximum atomic E-state index is 3.54. The lowest BCUT2D eigenvalue weighted by molar-refractivity contribution is 0.318. The normalized spacial score (nSPS) is 18.4. The molecule has 0 bridgehead atoms. The zero-order valence-electron chi connectivity index (χ0n) is 12.4. The monoisotopic (exact) mass is 287 g/mol. The molecule has 1 aromatic carbocycles. The Kier molecular flexibility index (Phi) is 4.74. The molecule has 0 spiro atoms. The van der Waals surface area contributed by atoms with Crippen LogP contribution in [0, 0.1) is 5.92 Å². The molecular formula is C18H25NS. The zero-order valence-corrected chi connectivity index (χ0v) is 13.2. The summed E-state index contributed by atoms with van der Waals surface area (Å²) in [5.41, 5.74) is 1.50. The fraction of sp³-hybridized carbons (Fsp3) is 0.556. The van der Waals surface area contributed by atoms with Crippen molar-refractivity contribution in [3.63, 3.8) is 0 Å². The van der Waals surface area contributed by atoms with Crippen molar-refractivity contribution in [2.24, 2.45) is 5.92 Å². The van der Waals surface area contributed by atoms with E-state index in [1.807, 2.05) is 11.3 Å². The van der Waals surface area contributed by atoms with Gasteiger partial charge in [0.2, 0.25) is 0 Å². The van der Waals surface area contributed by atoms with E-state index in [1.54, 1.807) is 0 Å². The Morgan fingerprint density at radius 3 is 2.80 bits per heavy atom. The van der Waals surface area contributed by atoms with Gasteiger partial charge in [0.25, 0.3) is 0 Å². The highest BCUT2D eigenvalue weighted by atomic mass is 32.1. The van der Waals surface area contributed by atoms with Gasteiger partial charge in [-0.3, -0.25) is 0 Å². The molecule has 1 saturated carbocycles. The van der Waals surface area contributed by atoms with Crippen LogP contribution >= 0.6 is 11.3 Å². The van der Waals surface area contributed by atoms with E-state index in [0.29, 0.717) is 6.04 Å². The third kappa shape index (κ3) is 3.07. The van der Waals surface area contributed by atoms with Crippen LogP contribution in [0.2, 0.25) is 0 Å². The topological polar surface area (TPSA) is 12.0 Å². The summed E-state index contributed by atoms with van der Waals surface area (Å²) in [6.07, 6.45) is 9.95. The van der Waals surface area contributed by atoms with Crippen molar-refractivity contribution in [2.75, 3.05) is 7.05 Å². The molecule has 1 heterocycles. The van der Waals surface area contributed by atoms with Gasteiger partial charge < -0.3 is 5.32 Å². The van der Waals surface area contributed by atoms with E-state index in [2.05, 4.69) is 42.0 Å². The van der Waals surface area contributed by atoms with Gasteiger partial charge in [-0.2, -0.15) is 0 Å². The van der Waals surface area contributed by atoms with Gasteiger partial charge in [-0.1, -0.05) is 50.3 Å². The molecule has 1 nitrogen and oxygen atoms in total. The van der Waals surface area contributed by atoms with Crippen LogP contribution in [-0.4, -0.2) is 7.05 Å². The van der Waals surface area contributed by atoms with Gasteiger partial charge in [0.05, 0.1) is 0 Å². The average Bonchev–Trinajstić information content (AvgIpc) is 2.93. The second kappa shape index (κ2) is 6.73. The van der Waals surface area contributed by atoms with Crippen molar-refractivity contribution in [1.29, 1.82) is 0 Å². The van der Waals surface area contributed by atoms with Crippen molar-refractivity contribution in [2.45, 2.75) is 51.0 Å². The number of hydrogen-bond donors (Lipinski definition) is 1. The standard InChI is InChI=1S/C18H25NS/c1-19-17(12-11-14-7-3-2-4-8-14)16-13-20-18-10-6-5-9-15(16)18/h5-6,9-10,13-14,17,19H,2-4,7-8,11-12H2,1H3. The first kappa shape index (κ1) is 14.1. The predicted octanol–water partition coefficient (Wildman–Crippen LogP) is 5.52. The number of thiophene rings is 1. The van der Waals surface area contributed by atoms with Crippen LogP contribution in [0.1, 0.15) is 56.6 Å². The van der Waals surface area contributed by atoms with Crippen LogP contribution < -0.4 is 5.32 Å². The molecule has 0 radical (unpaired) electrons. The fourth-order valence-electron chi connectivity index (χ4n) is 3.60. The van der Waals surface area contributed by atoms with Crippen LogP contribution in [0.15, 0.2) is 29.6 Å². The molecule has 2 heteroatoms. The van der Waals surface area contributed by atoms with Crippen LogP contribution in [0.25, 0.3) is 10.1 Å². The van der Waals surface area contributed by atoms with Crippen molar-refractivity contribution in [1.82, 2.24) is 5.32 Å². The summed E-state index contributed by atoms with van der Waals surface area (Å²) < 4.78 is 1.42. The first-order valence-electron chi connectivity index (χ1n) is 8.02. The van der Waals surface area contributed by atoms with Gasteiger partial charge in [0.15, 0.2) is 0 Å². The van der Waals surface area contributed by atoms with Crippen molar-refractivity contribution < 1.29 is 0 Å². The number of nitrogens with one attached hydrogen (secondary N) is 1. The van der Waals surface area contributed by atoms with E-state index < -0.39 is 0 Å². The lowest BCUT2D eigenvalue weighted by Gasteiger charge is -2.24. The largest absolute Gasteiger partial charge is 0.313 e. The Labute approximate surface area is 126 Å². The molecular weight excluding hydrogens is 262 g/mol. The van der Waals surface area contributed by atoms with Gasteiger partial charge >= 0.3 is 0 Å². The summed E-state index contributed by atoms with van der Waals surface area (Å²) in [4.78, 5) is 0. The quantitative estimate of drug-likeness (QED) is 0.763. The predicted molar refractivity (Wildman–Crippen MR) is 89.4 cm³/mol. The van der Waals surface area contributed by atoms with E-state index in [4.69, 9.17) is 0 Å². The lowest BCUT2D eigenvalue weighted by atomic mass is 9.84. The number of rotatable bonds is 5. The van der Waals surface area contributed by atoms with E-state index >= 15 is 0 Å². The molecule has 1 N–H and O–H groups in total. The molecule has 0 saturated heterocycles. The minimum Gasteiger partial charge on any atom is -0.313 e. The molecule has 2 aromatic rings. The molecule has 0 aliphatic heterocycles. The Morgan fingerprint density at radius 2 is 2.00 bits per heavy atom. The van der Waals surface area contributed by atoms with Gasteiger partial charge in [-0.15, -0.1) is 11.3 Å². The summed E-state index contributed by atoms with van der Waals surface area (Å²) >= 11 is 1.88. The molecule has 1 aliphatic carbocycles. The molecule has 1 aliphatic rings. The van der Waals surface area contributed by atoms with Gasteiger partial charge in [0, 0.05) is 10.7 Å². The van der Waals surface area contributed by atoms with Crippen LogP contribution in [0.5, 0.6) is 0 Å². The maximum absolute atomic E-state index is 3.54. The average molecular weight is 287 g/mol. The van der Waals surface area contributed by atoms with Crippen LogP contribution in [0.3, 0.4) is 0 Å². The van der Waals surface area contributed by atoms with Crippen LogP contribution in [0.4, 0.5) is 0 Å². The third-order valence-electron chi connectivity index (χ3n) is 4.82. The fourth-order valence-corrected chi connectivity index (χ4v) is 4.62. The van der Waals surface area contributed by atoms with E-state index in [-0.39, 0.29) is 0 Å². The summed E-state index contributed by atoms with van der Waals surface area (Å²) in [7, 11) is 2.11. The second-order valence-corrected chi connectivity index (χ2v) is 7.02. The summed E-state index contributed by atoms with van der Waals surface area (Å²) in [6, 6.07) is 9.32. The Morgan fingerprint density at radius 1 is 1.20 bits per heavy atom. The Bertz CT molecular complexity index is 539. The van der Waals surface area contributed by atoms with Gasteiger partial charge in [0.1, 0.15) is 0 Å². The molecule has 20 heavy (non-hydrogen) atoms. The second-order valence-electron chi connectivity index (χ2n) is 6.11. The highest BCUT2D eigenvalue weighted by Crippen LogP contribution is 2.34. The molecule has 1 aromatic heterocycles. The molecule has 1 fully saturated rings. The number of benzene rings is 1. The molecule has 3 rings (SSSR count). The summed E-state index contributed by atoms with van der Waals surface area (Å²) in [5.74, 6) is 0.976. The molecule has 1 unspecified atom stereocenters. The summed E-state index contributed by atoms with van der Waals surface area (Å²) in [6.45, 7) is 0. The lowest BCUT2D eigenvalue weighted by Crippen LogP contribution is -2.18.